The molecule has 0 atom stereocenters. The van der Waals surface area contributed by atoms with Gasteiger partial charge in [0.2, 0.25) is 0 Å². The van der Waals surface area contributed by atoms with E-state index in [2.05, 4.69) is 34.1 Å². The van der Waals surface area contributed by atoms with E-state index in [9.17, 15) is 0 Å². The molecule has 0 radical (unpaired) electrons. The third-order valence-corrected chi connectivity index (χ3v) is 4.07. The lowest BCUT2D eigenvalue weighted by Crippen LogP contribution is -2.18. The molecule has 1 aliphatic rings. The van der Waals surface area contributed by atoms with Crippen LogP contribution in [0.2, 0.25) is 0 Å². The van der Waals surface area contributed by atoms with Gasteiger partial charge >= 0.3 is 0 Å². The van der Waals surface area contributed by atoms with Crippen molar-refractivity contribution in [2.45, 2.75) is 12.8 Å². The van der Waals surface area contributed by atoms with E-state index in [1.54, 1.807) is 0 Å². The van der Waals surface area contributed by atoms with E-state index in [0.29, 0.717) is 0 Å². The van der Waals surface area contributed by atoms with Crippen molar-refractivity contribution >= 4 is 16.6 Å². The van der Waals surface area contributed by atoms with Crippen molar-refractivity contribution in [3.05, 3.63) is 54.7 Å². The minimum atomic E-state index is 0.934. The van der Waals surface area contributed by atoms with Crippen molar-refractivity contribution in [1.29, 1.82) is 0 Å². The third kappa shape index (κ3) is 2.25. The molecule has 21 heavy (non-hydrogen) atoms. The molecule has 3 heterocycles. The summed E-state index contributed by atoms with van der Waals surface area (Å²) in [6.07, 6.45) is 4.37. The van der Waals surface area contributed by atoms with E-state index in [4.69, 9.17) is 4.98 Å². The first kappa shape index (κ1) is 12.3. The number of aromatic nitrogens is 2. The zero-order valence-corrected chi connectivity index (χ0v) is 11.9. The minimum absolute atomic E-state index is 0.934. The van der Waals surface area contributed by atoms with Crippen molar-refractivity contribution in [3.63, 3.8) is 0 Å². The lowest BCUT2D eigenvalue weighted by molar-refractivity contribution is 0.949. The third-order valence-electron chi connectivity index (χ3n) is 4.07. The van der Waals surface area contributed by atoms with E-state index in [1.165, 1.54) is 23.9 Å². The summed E-state index contributed by atoms with van der Waals surface area (Å²) in [5, 5.41) is 1.24. The number of pyridine rings is 2. The predicted molar refractivity (Wildman–Crippen MR) is 86.4 cm³/mol. The largest absolute Gasteiger partial charge is 0.371 e. The first-order chi connectivity index (χ1) is 10.4. The Morgan fingerprint density at radius 2 is 1.67 bits per heavy atom. The predicted octanol–water partition coefficient (Wildman–Crippen LogP) is 3.90. The number of rotatable bonds is 2. The number of anilines is 1. The van der Waals surface area contributed by atoms with Gasteiger partial charge in [-0.05, 0) is 37.1 Å². The number of hydrogen-bond donors (Lipinski definition) is 0. The first-order valence-electron chi connectivity index (χ1n) is 7.48. The van der Waals surface area contributed by atoms with Gasteiger partial charge in [-0.1, -0.05) is 24.3 Å². The van der Waals surface area contributed by atoms with Gasteiger partial charge in [0.1, 0.15) is 0 Å². The second kappa shape index (κ2) is 5.17. The monoisotopic (exact) mass is 275 g/mol. The molecular weight excluding hydrogens is 258 g/mol. The second-order valence-corrected chi connectivity index (χ2v) is 5.45. The Kier molecular flexibility index (Phi) is 3.03. The van der Waals surface area contributed by atoms with Gasteiger partial charge in [0.25, 0.3) is 0 Å². The van der Waals surface area contributed by atoms with Crippen LogP contribution in [0.4, 0.5) is 5.69 Å². The zero-order chi connectivity index (χ0) is 14.1. The smallest absolute Gasteiger partial charge is 0.0914 e. The lowest BCUT2D eigenvalue weighted by Gasteiger charge is -2.20. The molecule has 104 valence electrons. The average Bonchev–Trinajstić information content (AvgIpc) is 3.09. The van der Waals surface area contributed by atoms with E-state index < -0.39 is 0 Å². The number of benzene rings is 1. The molecular formula is C18H17N3. The van der Waals surface area contributed by atoms with E-state index in [0.717, 1.165) is 30.0 Å². The van der Waals surface area contributed by atoms with Crippen LogP contribution in [-0.4, -0.2) is 23.1 Å². The standard InChI is InChI=1S/C18H17N3/c1-2-8-15-14(7-1)18(21-11-5-6-12-21)13-17(20-15)16-9-3-4-10-19-16/h1-4,7-10,13H,5-6,11-12H2. The Bertz CT molecular complexity index is 762. The van der Waals surface area contributed by atoms with E-state index in [-0.39, 0.29) is 0 Å². The van der Waals surface area contributed by atoms with Gasteiger partial charge in [0, 0.05) is 30.4 Å². The van der Waals surface area contributed by atoms with Crippen molar-refractivity contribution in [1.82, 2.24) is 9.97 Å². The summed E-state index contributed by atoms with van der Waals surface area (Å²) in [5.41, 5.74) is 4.22. The van der Waals surface area contributed by atoms with Crippen LogP contribution in [0.5, 0.6) is 0 Å². The Balaban J connectivity index is 1.93. The van der Waals surface area contributed by atoms with Gasteiger partial charge < -0.3 is 4.90 Å². The van der Waals surface area contributed by atoms with Gasteiger partial charge in [-0.25, -0.2) is 4.98 Å². The van der Waals surface area contributed by atoms with Crippen molar-refractivity contribution in [2.75, 3.05) is 18.0 Å². The summed E-state index contributed by atoms with van der Waals surface area (Å²) in [5.74, 6) is 0. The molecule has 1 fully saturated rings. The maximum atomic E-state index is 4.79. The molecule has 1 aliphatic heterocycles. The molecule has 0 unspecified atom stereocenters. The van der Waals surface area contributed by atoms with Crippen molar-refractivity contribution in [2.24, 2.45) is 0 Å². The van der Waals surface area contributed by atoms with Crippen LogP contribution in [0.3, 0.4) is 0 Å². The molecule has 0 bridgehead atoms. The molecule has 0 amide bonds. The fraction of sp³-hybridized carbons (Fsp3) is 0.222. The Hall–Kier alpha value is -2.42. The molecule has 1 aromatic carbocycles. The lowest BCUT2D eigenvalue weighted by atomic mass is 10.1. The maximum Gasteiger partial charge on any atom is 0.0914 e. The Morgan fingerprint density at radius 3 is 2.48 bits per heavy atom. The van der Waals surface area contributed by atoms with Gasteiger partial charge in [-0.15, -0.1) is 0 Å². The zero-order valence-electron chi connectivity index (χ0n) is 11.9. The quantitative estimate of drug-likeness (QED) is 0.710. The highest BCUT2D eigenvalue weighted by molar-refractivity contribution is 5.94. The van der Waals surface area contributed by atoms with Crippen LogP contribution in [-0.2, 0) is 0 Å². The van der Waals surface area contributed by atoms with Crippen LogP contribution < -0.4 is 4.90 Å². The van der Waals surface area contributed by atoms with Crippen LogP contribution in [0, 0.1) is 0 Å². The Labute approximate surface area is 124 Å². The highest BCUT2D eigenvalue weighted by Gasteiger charge is 2.17. The van der Waals surface area contributed by atoms with Gasteiger partial charge in [-0.2, -0.15) is 0 Å². The number of fused-ring (bicyclic) bond motifs is 1. The summed E-state index contributed by atoms with van der Waals surface area (Å²) in [4.78, 5) is 11.7. The summed E-state index contributed by atoms with van der Waals surface area (Å²) in [6.45, 7) is 2.27. The van der Waals surface area contributed by atoms with E-state index in [1.807, 2.05) is 30.5 Å². The molecule has 2 aromatic heterocycles. The highest BCUT2D eigenvalue weighted by Crippen LogP contribution is 2.32. The van der Waals surface area contributed by atoms with Crippen LogP contribution in [0.1, 0.15) is 12.8 Å². The molecule has 1 saturated heterocycles. The molecule has 0 spiro atoms. The number of hydrogen-bond acceptors (Lipinski definition) is 3. The SMILES string of the molecule is c1ccc(-c2cc(N3CCCC3)c3ccccc3n2)nc1. The topological polar surface area (TPSA) is 29.0 Å². The second-order valence-electron chi connectivity index (χ2n) is 5.45. The summed E-state index contributed by atoms with van der Waals surface area (Å²) >= 11 is 0. The maximum absolute atomic E-state index is 4.79. The van der Waals surface area contributed by atoms with Crippen molar-refractivity contribution < 1.29 is 0 Å². The molecule has 0 N–H and O–H groups in total. The highest BCUT2D eigenvalue weighted by atomic mass is 15.1. The van der Waals surface area contributed by atoms with E-state index >= 15 is 0 Å². The van der Waals surface area contributed by atoms with Gasteiger partial charge in [0.05, 0.1) is 16.9 Å². The summed E-state index contributed by atoms with van der Waals surface area (Å²) < 4.78 is 0. The summed E-state index contributed by atoms with van der Waals surface area (Å²) in [6, 6.07) is 16.5. The first-order valence-corrected chi connectivity index (χ1v) is 7.48. The average molecular weight is 275 g/mol. The molecule has 0 aliphatic carbocycles. The minimum Gasteiger partial charge on any atom is -0.371 e. The number of para-hydroxylation sites is 1. The normalized spacial score (nSPS) is 14.8. The molecule has 4 rings (SSSR count). The fourth-order valence-corrected chi connectivity index (χ4v) is 3.02. The van der Waals surface area contributed by atoms with Gasteiger partial charge in [-0.3, -0.25) is 4.98 Å². The van der Waals surface area contributed by atoms with Gasteiger partial charge in [0.15, 0.2) is 0 Å². The number of nitrogens with zero attached hydrogens (tertiary/aromatic N) is 3. The van der Waals surface area contributed by atoms with Crippen LogP contribution >= 0.6 is 0 Å². The summed E-state index contributed by atoms with van der Waals surface area (Å²) in [7, 11) is 0. The van der Waals surface area contributed by atoms with Crippen LogP contribution in [0.15, 0.2) is 54.7 Å². The molecule has 3 heteroatoms. The molecule has 3 aromatic rings. The molecule has 3 nitrogen and oxygen atoms in total. The van der Waals surface area contributed by atoms with Crippen molar-refractivity contribution in [3.8, 4) is 11.4 Å². The Morgan fingerprint density at radius 1 is 0.857 bits per heavy atom. The molecule has 0 saturated carbocycles. The fourth-order valence-electron chi connectivity index (χ4n) is 3.02. The van der Waals surface area contributed by atoms with Crippen LogP contribution in [0.25, 0.3) is 22.3 Å².